The molecule has 2 rings (SSSR count). The van der Waals surface area contributed by atoms with Crippen LogP contribution in [0.25, 0.3) is 0 Å². The highest BCUT2D eigenvalue weighted by Crippen LogP contribution is 2.30. The number of halogens is 1. The first-order valence-corrected chi connectivity index (χ1v) is 9.45. The largest absolute Gasteiger partial charge is 0.493 e. The molecule has 6 nitrogen and oxygen atoms in total. The van der Waals surface area contributed by atoms with Gasteiger partial charge < -0.3 is 19.5 Å². The van der Waals surface area contributed by atoms with Gasteiger partial charge in [-0.2, -0.15) is 0 Å². The average molecular weight is 453 g/mol. The third-order valence-corrected chi connectivity index (χ3v) is 4.35. The van der Waals surface area contributed by atoms with Crippen molar-refractivity contribution in [3.05, 3.63) is 46.4 Å². The summed E-state index contributed by atoms with van der Waals surface area (Å²) in [5, 5.41) is 5.77. The van der Waals surface area contributed by atoms with Gasteiger partial charge in [-0.25, -0.2) is 0 Å². The summed E-state index contributed by atoms with van der Waals surface area (Å²) in [5.74, 6) is 1.53. The molecule has 0 aliphatic rings. The predicted molar refractivity (Wildman–Crippen MR) is 113 cm³/mol. The van der Waals surface area contributed by atoms with Crippen LogP contribution in [0.3, 0.4) is 0 Å². The van der Waals surface area contributed by atoms with Crippen LogP contribution in [-0.4, -0.2) is 31.8 Å². The van der Waals surface area contributed by atoms with Crippen LogP contribution in [0.4, 0.5) is 5.69 Å². The van der Waals surface area contributed by atoms with Crippen LogP contribution in [-0.2, 0) is 0 Å². The van der Waals surface area contributed by atoms with E-state index in [1.165, 1.54) is 0 Å². The third-order valence-electron chi connectivity index (χ3n) is 3.52. The van der Waals surface area contributed by atoms with E-state index in [1.807, 2.05) is 6.92 Å². The molecule has 144 valence electrons. The summed E-state index contributed by atoms with van der Waals surface area (Å²) in [7, 11) is 3.11. The maximum atomic E-state index is 12.4. The Bertz CT molecular complexity index is 829. The SMILES string of the molecule is CCCOc1ccc(C(=O)NC(=S)Nc2ccc(OC)c(OC)c2)cc1Br. The Kier molecular flexibility index (Phi) is 7.87. The van der Waals surface area contributed by atoms with E-state index < -0.39 is 0 Å². The number of carbonyl (C=O) groups is 1. The summed E-state index contributed by atoms with van der Waals surface area (Å²) >= 11 is 8.63. The van der Waals surface area contributed by atoms with Gasteiger partial charge >= 0.3 is 0 Å². The molecule has 2 aromatic rings. The molecule has 0 saturated heterocycles. The summed E-state index contributed by atoms with van der Waals surface area (Å²) in [6.07, 6.45) is 0.908. The van der Waals surface area contributed by atoms with Crippen LogP contribution in [0.15, 0.2) is 40.9 Å². The second kappa shape index (κ2) is 10.1. The van der Waals surface area contributed by atoms with Crippen LogP contribution in [0.5, 0.6) is 17.2 Å². The fraction of sp³-hybridized carbons (Fsp3) is 0.263. The fourth-order valence-corrected chi connectivity index (χ4v) is 2.93. The van der Waals surface area contributed by atoms with Gasteiger partial charge in [0.25, 0.3) is 5.91 Å². The molecule has 0 atom stereocenters. The van der Waals surface area contributed by atoms with E-state index in [-0.39, 0.29) is 11.0 Å². The highest BCUT2D eigenvalue weighted by atomic mass is 79.9. The van der Waals surface area contributed by atoms with Crippen LogP contribution in [0.2, 0.25) is 0 Å². The second-order valence-corrected chi connectivity index (χ2v) is 6.73. The Labute approximate surface area is 172 Å². The highest BCUT2D eigenvalue weighted by Gasteiger charge is 2.12. The average Bonchev–Trinajstić information content (AvgIpc) is 2.66. The number of benzene rings is 2. The molecule has 0 aliphatic heterocycles. The summed E-state index contributed by atoms with van der Waals surface area (Å²) in [6, 6.07) is 10.4. The van der Waals surface area contributed by atoms with E-state index >= 15 is 0 Å². The van der Waals surface area contributed by atoms with Crippen LogP contribution >= 0.6 is 28.1 Å². The Morgan fingerprint density at radius 3 is 2.41 bits per heavy atom. The summed E-state index contributed by atoms with van der Waals surface area (Å²) < 4.78 is 16.7. The van der Waals surface area contributed by atoms with Crippen LogP contribution < -0.4 is 24.8 Å². The normalized spacial score (nSPS) is 10.1. The monoisotopic (exact) mass is 452 g/mol. The zero-order valence-electron chi connectivity index (χ0n) is 15.3. The quantitative estimate of drug-likeness (QED) is 0.607. The van der Waals surface area contributed by atoms with Gasteiger partial charge in [-0.1, -0.05) is 6.92 Å². The molecule has 0 heterocycles. The van der Waals surface area contributed by atoms with Crippen molar-refractivity contribution >= 4 is 44.9 Å². The number of hydrogen-bond acceptors (Lipinski definition) is 5. The predicted octanol–water partition coefficient (Wildman–Crippen LogP) is 4.38. The molecule has 2 aromatic carbocycles. The first-order chi connectivity index (χ1) is 13.0. The van der Waals surface area contributed by atoms with Crippen molar-refractivity contribution in [2.45, 2.75) is 13.3 Å². The molecular weight excluding hydrogens is 432 g/mol. The zero-order valence-corrected chi connectivity index (χ0v) is 17.7. The highest BCUT2D eigenvalue weighted by molar-refractivity contribution is 9.10. The lowest BCUT2D eigenvalue weighted by Gasteiger charge is -2.13. The number of nitrogens with one attached hydrogen (secondary N) is 2. The maximum absolute atomic E-state index is 12.4. The molecule has 0 saturated carbocycles. The van der Waals surface area contributed by atoms with Gasteiger partial charge in [0.05, 0.1) is 25.3 Å². The topological polar surface area (TPSA) is 68.8 Å². The molecular formula is C19H21BrN2O4S. The van der Waals surface area contributed by atoms with Gasteiger partial charge in [0, 0.05) is 17.3 Å². The maximum Gasteiger partial charge on any atom is 0.257 e. The number of carbonyl (C=O) groups excluding carboxylic acids is 1. The minimum atomic E-state index is -0.323. The minimum Gasteiger partial charge on any atom is -0.493 e. The van der Waals surface area contributed by atoms with Crippen molar-refractivity contribution in [3.8, 4) is 17.2 Å². The summed E-state index contributed by atoms with van der Waals surface area (Å²) in [5.41, 5.74) is 1.13. The summed E-state index contributed by atoms with van der Waals surface area (Å²) in [6.45, 7) is 2.64. The van der Waals surface area contributed by atoms with Crippen molar-refractivity contribution in [1.29, 1.82) is 0 Å². The molecule has 0 aliphatic carbocycles. The van der Waals surface area contributed by atoms with Crippen LogP contribution in [0, 0.1) is 0 Å². The van der Waals surface area contributed by atoms with E-state index in [0.29, 0.717) is 39.6 Å². The Balaban J connectivity index is 2.01. The Morgan fingerprint density at radius 1 is 1.07 bits per heavy atom. The van der Waals surface area contributed by atoms with Crippen LogP contribution in [0.1, 0.15) is 23.7 Å². The molecule has 0 aromatic heterocycles. The molecule has 8 heteroatoms. The van der Waals surface area contributed by atoms with E-state index in [1.54, 1.807) is 50.6 Å². The molecule has 2 N–H and O–H groups in total. The van der Waals surface area contributed by atoms with Gasteiger partial charge in [-0.3, -0.25) is 10.1 Å². The molecule has 0 radical (unpaired) electrons. The standard InChI is InChI=1S/C19H21BrN2O4S/c1-4-9-26-15-7-5-12(10-14(15)20)18(23)22-19(27)21-13-6-8-16(24-2)17(11-13)25-3/h5-8,10-11H,4,9H2,1-3H3,(H2,21,22,23,27). The van der Waals surface area contributed by atoms with Gasteiger partial charge in [-0.05, 0) is 64.9 Å². The van der Waals surface area contributed by atoms with Crippen molar-refractivity contribution in [2.24, 2.45) is 0 Å². The van der Waals surface area contributed by atoms with Crippen molar-refractivity contribution in [1.82, 2.24) is 5.32 Å². The van der Waals surface area contributed by atoms with Gasteiger partial charge in [0.2, 0.25) is 0 Å². The fourth-order valence-electron chi connectivity index (χ4n) is 2.22. The zero-order chi connectivity index (χ0) is 19.8. The lowest BCUT2D eigenvalue weighted by molar-refractivity contribution is 0.0977. The smallest absolute Gasteiger partial charge is 0.257 e. The lowest BCUT2D eigenvalue weighted by atomic mass is 10.2. The molecule has 0 unspecified atom stereocenters. The number of methoxy groups -OCH3 is 2. The molecule has 0 fully saturated rings. The van der Waals surface area contributed by atoms with Crippen molar-refractivity contribution in [2.75, 3.05) is 26.1 Å². The first-order valence-electron chi connectivity index (χ1n) is 8.25. The summed E-state index contributed by atoms with van der Waals surface area (Å²) in [4.78, 5) is 12.4. The molecule has 27 heavy (non-hydrogen) atoms. The van der Waals surface area contributed by atoms with E-state index in [2.05, 4.69) is 26.6 Å². The van der Waals surface area contributed by atoms with Gasteiger partial charge in [0.15, 0.2) is 16.6 Å². The number of amides is 1. The molecule has 0 bridgehead atoms. The van der Waals surface area contributed by atoms with E-state index in [9.17, 15) is 4.79 Å². The lowest BCUT2D eigenvalue weighted by Crippen LogP contribution is -2.34. The van der Waals surface area contributed by atoms with Gasteiger partial charge in [0.1, 0.15) is 5.75 Å². The third kappa shape index (κ3) is 5.83. The van der Waals surface area contributed by atoms with Gasteiger partial charge in [-0.15, -0.1) is 0 Å². The molecule has 0 spiro atoms. The number of thiocarbonyl (C=S) groups is 1. The molecule has 1 amide bonds. The van der Waals surface area contributed by atoms with E-state index in [0.717, 1.165) is 6.42 Å². The number of anilines is 1. The van der Waals surface area contributed by atoms with Crippen molar-refractivity contribution < 1.29 is 19.0 Å². The first kappa shape index (κ1) is 21.0. The second-order valence-electron chi connectivity index (χ2n) is 5.47. The van der Waals surface area contributed by atoms with Crippen molar-refractivity contribution in [3.63, 3.8) is 0 Å². The Hall–Kier alpha value is -2.32. The number of rotatable bonds is 7. The number of ether oxygens (including phenoxy) is 3. The Morgan fingerprint density at radius 2 is 1.78 bits per heavy atom. The number of hydrogen-bond donors (Lipinski definition) is 2. The minimum absolute atomic E-state index is 0.176. The van der Waals surface area contributed by atoms with E-state index in [4.69, 9.17) is 26.4 Å².